The summed E-state index contributed by atoms with van der Waals surface area (Å²) in [6.07, 6.45) is 3.71. The number of amides is 1. The van der Waals surface area contributed by atoms with E-state index in [-0.39, 0.29) is 11.9 Å². The van der Waals surface area contributed by atoms with Crippen molar-refractivity contribution >= 4 is 33.1 Å². The van der Waals surface area contributed by atoms with E-state index in [1.165, 1.54) is 11.3 Å². The van der Waals surface area contributed by atoms with Crippen molar-refractivity contribution in [2.24, 2.45) is 7.05 Å². The van der Waals surface area contributed by atoms with Crippen molar-refractivity contribution in [3.8, 4) is 0 Å². The molecule has 0 radical (unpaired) electrons. The number of aryl methyl sites for hydroxylation is 1. The van der Waals surface area contributed by atoms with Gasteiger partial charge in [-0.2, -0.15) is 5.10 Å². The van der Waals surface area contributed by atoms with Crippen molar-refractivity contribution in [1.29, 1.82) is 0 Å². The Labute approximate surface area is 136 Å². The molecule has 1 atom stereocenters. The number of imidazole rings is 1. The fourth-order valence-electron chi connectivity index (χ4n) is 2.74. The molecule has 0 aliphatic heterocycles. The molecule has 7 heteroatoms. The van der Waals surface area contributed by atoms with Gasteiger partial charge in [0, 0.05) is 24.1 Å². The molecule has 1 aromatic carbocycles. The lowest BCUT2D eigenvalue weighted by Gasteiger charge is -2.10. The molecule has 4 aromatic rings. The lowest BCUT2D eigenvalue weighted by atomic mass is 10.1. The number of rotatable bonds is 3. The van der Waals surface area contributed by atoms with Crippen molar-refractivity contribution in [3.63, 3.8) is 0 Å². The van der Waals surface area contributed by atoms with Crippen LogP contribution in [-0.4, -0.2) is 25.1 Å². The third kappa shape index (κ3) is 2.29. The summed E-state index contributed by atoms with van der Waals surface area (Å²) in [6.45, 7) is 1.93. The number of carbonyl (C=O) groups is 1. The van der Waals surface area contributed by atoms with E-state index in [0.29, 0.717) is 5.56 Å². The second-order valence-electron chi connectivity index (χ2n) is 5.50. The van der Waals surface area contributed by atoms with Gasteiger partial charge in [0.1, 0.15) is 5.51 Å². The maximum Gasteiger partial charge on any atom is 0.253 e. The number of aromatic nitrogens is 4. The van der Waals surface area contributed by atoms with Gasteiger partial charge in [0.25, 0.3) is 5.91 Å². The Morgan fingerprint density at radius 3 is 2.96 bits per heavy atom. The van der Waals surface area contributed by atoms with Crippen LogP contribution in [0.1, 0.15) is 29.0 Å². The zero-order valence-corrected chi connectivity index (χ0v) is 13.5. The summed E-state index contributed by atoms with van der Waals surface area (Å²) >= 11 is 1.47. The Bertz CT molecular complexity index is 983. The first-order valence-electron chi connectivity index (χ1n) is 7.27. The van der Waals surface area contributed by atoms with Gasteiger partial charge >= 0.3 is 0 Å². The van der Waals surface area contributed by atoms with E-state index >= 15 is 0 Å². The van der Waals surface area contributed by atoms with Crippen LogP contribution in [0.25, 0.3) is 15.9 Å². The van der Waals surface area contributed by atoms with Gasteiger partial charge in [0.05, 0.1) is 23.5 Å². The molecule has 0 aliphatic rings. The van der Waals surface area contributed by atoms with Crippen LogP contribution in [0.5, 0.6) is 0 Å². The van der Waals surface area contributed by atoms with E-state index in [0.717, 1.165) is 21.6 Å². The van der Waals surface area contributed by atoms with Crippen LogP contribution in [0.4, 0.5) is 0 Å². The number of nitrogens with zero attached hydrogens (tertiary/aromatic N) is 4. The Morgan fingerprint density at radius 2 is 2.13 bits per heavy atom. The monoisotopic (exact) mass is 325 g/mol. The van der Waals surface area contributed by atoms with E-state index in [2.05, 4.69) is 15.4 Å². The SMILES string of the molecule is C[C@H](NC(=O)c1cn(C)c2ccccc12)c1cn2ncsc2n1. The van der Waals surface area contributed by atoms with Crippen LogP contribution in [0.3, 0.4) is 0 Å². The van der Waals surface area contributed by atoms with E-state index in [1.54, 1.807) is 10.0 Å². The minimum absolute atomic E-state index is 0.0985. The van der Waals surface area contributed by atoms with Gasteiger partial charge in [0.2, 0.25) is 4.96 Å². The highest BCUT2D eigenvalue weighted by atomic mass is 32.1. The molecule has 0 unspecified atom stereocenters. The Hall–Kier alpha value is -2.67. The molecule has 3 heterocycles. The van der Waals surface area contributed by atoms with Crippen molar-refractivity contribution in [2.75, 3.05) is 0 Å². The third-order valence-electron chi connectivity index (χ3n) is 3.94. The molecule has 0 fully saturated rings. The zero-order chi connectivity index (χ0) is 16.0. The number of carbonyl (C=O) groups excluding carboxylic acids is 1. The number of hydrogen-bond acceptors (Lipinski definition) is 4. The van der Waals surface area contributed by atoms with Gasteiger partial charge in [-0.1, -0.05) is 29.5 Å². The predicted molar refractivity (Wildman–Crippen MR) is 89.7 cm³/mol. The fraction of sp³-hybridized carbons (Fsp3) is 0.188. The maximum atomic E-state index is 12.6. The molecular formula is C16H15N5OS. The Balaban J connectivity index is 1.62. The number of fused-ring (bicyclic) bond motifs is 2. The smallest absolute Gasteiger partial charge is 0.253 e. The highest BCUT2D eigenvalue weighted by Crippen LogP contribution is 2.21. The summed E-state index contributed by atoms with van der Waals surface area (Å²) < 4.78 is 3.69. The molecule has 23 heavy (non-hydrogen) atoms. The number of benzene rings is 1. The average molecular weight is 325 g/mol. The van der Waals surface area contributed by atoms with Gasteiger partial charge in [-0.3, -0.25) is 4.79 Å². The summed E-state index contributed by atoms with van der Waals surface area (Å²) in [6, 6.07) is 7.70. The molecule has 116 valence electrons. The predicted octanol–water partition coefficient (Wildman–Crippen LogP) is 2.77. The van der Waals surface area contributed by atoms with Gasteiger partial charge in [-0.05, 0) is 13.0 Å². The van der Waals surface area contributed by atoms with Crippen molar-refractivity contribution < 1.29 is 4.79 Å². The minimum atomic E-state index is -0.185. The number of para-hydroxylation sites is 1. The van der Waals surface area contributed by atoms with E-state index in [1.807, 2.05) is 55.2 Å². The molecule has 0 spiro atoms. The molecule has 6 nitrogen and oxygen atoms in total. The van der Waals surface area contributed by atoms with E-state index < -0.39 is 0 Å². The highest BCUT2D eigenvalue weighted by molar-refractivity contribution is 7.14. The van der Waals surface area contributed by atoms with Crippen molar-refractivity contribution in [1.82, 2.24) is 24.5 Å². The Kier molecular flexibility index (Phi) is 3.16. The van der Waals surface area contributed by atoms with Crippen molar-refractivity contribution in [3.05, 3.63) is 53.4 Å². The van der Waals surface area contributed by atoms with Crippen LogP contribution in [0, 0.1) is 0 Å². The summed E-state index contributed by atoms with van der Waals surface area (Å²) in [5.41, 5.74) is 4.26. The summed E-state index contributed by atoms with van der Waals surface area (Å²) in [4.78, 5) is 17.9. The van der Waals surface area contributed by atoms with Crippen LogP contribution in [-0.2, 0) is 7.05 Å². The lowest BCUT2D eigenvalue weighted by molar-refractivity contribution is 0.0940. The average Bonchev–Trinajstić information content (AvgIpc) is 3.21. The van der Waals surface area contributed by atoms with Crippen LogP contribution in [0.2, 0.25) is 0 Å². The van der Waals surface area contributed by atoms with E-state index in [4.69, 9.17) is 0 Å². The second-order valence-corrected chi connectivity index (χ2v) is 6.31. The standard InChI is InChI=1S/C16H15N5OS/c1-10(13-8-21-16(19-13)23-9-17-21)18-15(22)12-7-20(2)14-6-4-3-5-11(12)14/h3-10H,1-2H3,(H,18,22)/t10-/m0/s1. The molecule has 0 bridgehead atoms. The Morgan fingerprint density at radius 1 is 1.30 bits per heavy atom. The summed E-state index contributed by atoms with van der Waals surface area (Å²) in [5, 5.41) is 8.13. The largest absolute Gasteiger partial charge is 0.350 e. The van der Waals surface area contributed by atoms with Crippen LogP contribution >= 0.6 is 11.3 Å². The summed E-state index contributed by atoms with van der Waals surface area (Å²) in [5.74, 6) is -0.0985. The first kappa shape index (κ1) is 14.0. The maximum absolute atomic E-state index is 12.6. The molecular weight excluding hydrogens is 310 g/mol. The van der Waals surface area contributed by atoms with Gasteiger partial charge in [0.15, 0.2) is 0 Å². The molecule has 0 saturated heterocycles. The second kappa shape index (κ2) is 5.20. The third-order valence-corrected chi connectivity index (χ3v) is 4.63. The lowest BCUT2D eigenvalue weighted by Crippen LogP contribution is -2.26. The molecule has 1 N–H and O–H groups in total. The van der Waals surface area contributed by atoms with Crippen molar-refractivity contribution in [2.45, 2.75) is 13.0 Å². The van der Waals surface area contributed by atoms with Gasteiger partial charge < -0.3 is 9.88 Å². The zero-order valence-electron chi connectivity index (χ0n) is 12.7. The molecule has 4 rings (SSSR count). The summed E-state index contributed by atoms with van der Waals surface area (Å²) in [7, 11) is 1.94. The highest BCUT2D eigenvalue weighted by Gasteiger charge is 2.18. The van der Waals surface area contributed by atoms with Gasteiger partial charge in [-0.15, -0.1) is 0 Å². The topological polar surface area (TPSA) is 64.2 Å². The number of hydrogen-bond donors (Lipinski definition) is 1. The normalized spacial score (nSPS) is 12.8. The van der Waals surface area contributed by atoms with Crippen LogP contribution < -0.4 is 5.32 Å². The van der Waals surface area contributed by atoms with E-state index in [9.17, 15) is 4.79 Å². The molecule has 1 amide bonds. The molecule has 0 aliphatic carbocycles. The molecule has 3 aromatic heterocycles. The van der Waals surface area contributed by atoms with Crippen LogP contribution in [0.15, 0.2) is 42.2 Å². The first-order valence-corrected chi connectivity index (χ1v) is 8.15. The number of nitrogens with one attached hydrogen (secondary N) is 1. The fourth-order valence-corrected chi connectivity index (χ4v) is 3.34. The quantitative estimate of drug-likeness (QED) is 0.630. The minimum Gasteiger partial charge on any atom is -0.350 e. The van der Waals surface area contributed by atoms with Gasteiger partial charge in [-0.25, -0.2) is 9.50 Å². The first-order chi connectivity index (χ1) is 11.1. The molecule has 0 saturated carbocycles.